The SMILES string of the molecule is N#Cc1ccc(CN2CCN(S(=O)(=O)c3ccc(C(F)(F)F)cc3)CC2)cc1. The highest BCUT2D eigenvalue weighted by atomic mass is 32.2. The number of hydrogen-bond acceptors (Lipinski definition) is 4. The number of halogens is 3. The van der Waals surface area contributed by atoms with E-state index in [-0.39, 0.29) is 18.0 Å². The molecule has 0 aromatic heterocycles. The van der Waals surface area contributed by atoms with Gasteiger partial charge in [-0.25, -0.2) is 8.42 Å². The highest BCUT2D eigenvalue weighted by molar-refractivity contribution is 7.89. The van der Waals surface area contributed by atoms with Crippen LogP contribution in [0.15, 0.2) is 53.4 Å². The molecule has 1 aliphatic rings. The summed E-state index contributed by atoms with van der Waals surface area (Å²) in [5, 5.41) is 8.83. The first-order chi connectivity index (χ1) is 13.2. The largest absolute Gasteiger partial charge is 0.416 e. The van der Waals surface area contributed by atoms with Crippen molar-refractivity contribution in [3.05, 3.63) is 65.2 Å². The average molecular weight is 409 g/mol. The standard InChI is InChI=1S/C19H18F3N3O2S/c20-19(21,22)17-5-7-18(8-6-17)28(26,27)25-11-9-24(10-12-25)14-16-3-1-15(13-23)2-4-16/h1-8H,9-12,14H2. The van der Waals surface area contributed by atoms with Crippen molar-refractivity contribution in [1.29, 1.82) is 5.26 Å². The van der Waals surface area contributed by atoms with Crippen LogP contribution in [0.1, 0.15) is 16.7 Å². The van der Waals surface area contributed by atoms with Gasteiger partial charge in [0.2, 0.25) is 10.0 Å². The van der Waals surface area contributed by atoms with E-state index in [2.05, 4.69) is 11.0 Å². The Balaban J connectivity index is 1.62. The van der Waals surface area contributed by atoms with Gasteiger partial charge in [0, 0.05) is 32.7 Å². The first-order valence-electron chi connectivity index (χ1n) is 8.59. The molecule has 0 spiro atoms. The molecule has 0 amide bonds. The maximum Gasteiger partial charge on any atom is 0.416 e. The average Bonchev–Trinajstić information content (AvgIpc) is 2.68. The number of alkyl halides is 3. The Kier molecular flexibility index (Phi) is 5.74. The van der Waals surface area contributed by atoms with Gasteiger partial charge in [-0.3, -0.25) is 4.90 Å². The van der Waals surface area contributed by atoms with Crippen LogP contribution in [0.4, 0.5) is 13.2 Å². The molecule has 1 fully saturated rings. The normalized spacial score (nSPS) is 16.6. The van der Waals surface area contributed by atoms with Crippen LogP contribution in [-0.2, 0) is 22.7 Å². The van der Waals surface area contributed by atoms with Crippen molar-refractivity contribution in [1.82, 2.24) is 9.21 Å². The van der Waals surface area contributed by atoms with Crippen molar-refractivity contribution in [2.24, 2.45) is 0 Å². The van der Waals surface area contributed by atoms with Gasteiger partial charge >= 0.3 is 6.18 Å². The predicted octanol–water partition coefficient (Wildman–Crippen LogP) is 3.08. The van der Waals surface area contributed by atoms with E-state index in [0.717, 1.165) is 29.8 Å². The van der Waals surface area contributed by atoms with Gasteiger partial charge in [-0.2, -0.15) is 22.7 Å². The van der Waals surface area contributed by atoms with E-state index in [4.69, 9.17) is 5.26 Å². The molecule has 1 saturated heterocycles. The molecule has 1 aliphatic heterocycles. The minimum absolute atomic E-state index is 0.138. The summed E-state index contributed by atoms with van der Waals surface area (Å²) in [5.41, 5.74) is 0.730. The third kappa shape index (κ3) is 4.52. The minimum atomic E-state index is -4.50. The molecule has 0 N–H and O–H groups in total. The van der Waals surface area contributed by atoms with E-state index in [1.54, 1.807) is 12.1 Å². The van der Waals surface area contributed by atoms with Gasteiger partial charge in [-0.1, -0.05) is 12.1 Å². The lowest BCUT2D eigenvalue weighted by molar-refractivity contribution is -0.137. The van der Waals surface area contributed by atoms with E-state index in [0.29, 0.717) is 25.2 Å². The summed E-state index contributed by atoms with van der Waals surface area (Å²) >= 11 is 0. The number of nitriles is 1. The molecule has 5 nitrogen and oxygen atoms in total. The van der Waals surface area contributed by atoms with Gasteiger partial charge < -0.3 is 0 Å². The molecule has 0 atom stereocenters. The quantitative estimate of drug-likeness (QED) is 0.779. The second-order valence-corrected chi connectivity index (χ2v) is 8.45. The van der Waals surface area contributed by atoms with Gasteiger partial charge in [0.15, 0.2) is 0 Å². The molecule has 0 saturated carbocycles. The van der Waals surface area contributed by atoms with Crippen LogP contribution >= 0.6 is 0 Å². The Morgan fingerprint density at radius 3 is 2.00 bits per heavy atom. The maximum absolute atomic E-state index is 12.7. The molecule has 3 rings (SSSR count). The van der Waals surface area contributed by atoms with E-state index >= 15 is 0 Å². The highest BCUT2D eigenvalue weighted by Gasteiger charge is 2.32. The van der Waals surface area contributed by atoms with Gasteiger partial charge in [-0.05, 0) is 42.0 Å². The Morgan fingerprint density at radius 2 is 1.50 bits per heavy atom. The Labute approximate surface area is 161 Å². The second kappa shape index (κ2) is 7.91. The molecule has 28 heavy (non-hydrogen) atoms. The fourth-order valence-electron chi connectivity index (χ4n) is 3.04. The van der Waals surface area contributed by atoms with Gasteiger partial charge in [0.05, 0.1) is 22.1 Å². The summed E-state index contributed by atoms with van der Waals surface area (Å²) in [7, 11) is -3.83. The minimum Gasteiger partial charge on any atom is -0.296 e. The van der Waals surface area contributed by atoms with E-state index in [1.807, 2.05) is 12.1 Å². The molecule has 0 aliphatic carbocycles. The third-order valence-electron chi connectivity index (χ3n) is 4.64. The lowest BCUT2D eigenvalue weighted by atomic mass is 10.1. The van der Waals surface area contributed by atoms with Crippen molar-refractivity contribution in [2.75, 3.05) is 26.2 Å². The fraction of sp³-hybridized carbons (Fsp3) is 0.316. The number of rotatable bonds is 4. The molecule has 2 aromatic rings. The van der Waals surface area contributed by atoms with E-state index in [9.17, 15) is 21.6 Å². The Morgan fingerprint density at radius 1 is 0.929 bits per heavy atom. The van der Waals surface area contributed by atoms with Crippen molar-refractivity contribution in [2.45, 2.75) is 17.6 Å². The summed E-state index contributed by atoms with van der Waals surface area (Å²) in [5.74, 6) is 0. The summed E-state index contributed by atoms with van der Waals surface area (Å²) in [4.78, 5) is 1.96. The predicted molar refractivity (Wildman–Crippen MR) is 96.6 cm³/mol. The van der Waals surface area contributed by atoms with Crippen LogP contribution in [-0.4, -0.2) is 43.8 Å². The number of piperazine rings is 1. The number of benzene rings is 2. The smallest absolute Gasteiger partial charge is 0.296 e. The highest BCUT2D eigenvalue weighted by Crippen LogP contribution is 2.30. The van der Waals surface area contributed by atoms with Crippen molar-refractivity contribution in [3.8, 4) is 6.07 Å². The van der Waals surface area contributed by atoms with Crippen LogP contribution in [0.2, 0.25) is 0 Å². The molecule has 0 unspecified atom stereocenters. The van der Waals surface area contributed by atoms with Gasteiger partial charge in [0.25, 0.3) is 0 Å². The van der Waals surface area contributed by atoms with Crippen molar-refractivity contribution < 1.29 is 21.6 Å². The summed E-state index contributed by atoms with van der Waals surface area (Å²) in [6, 6.07) is 12.8. The fourth-order valence-corrected chi connectivity index (χ4v) is 4.46. The molecule has 0 radical (unpaired) electrons. The topological polar surface area (TPSA) is 64.4 Å². The molecule has 1 heterocycles. The zero-order valence-electron chi connectivity index (χ0n) is 14.9. The monoisotopic (exact) mass is 409 g/mol. The summed E-state index contributed by atoms with van der Waals surface area (Å²) < 4.78 is 64.6. The third-order valence-corrected chi connectivity index (χ3v) is 6.55. The first-order valence-corrected chi connectivity index (χ1v) is 10.0. The van der Waals surface area contributed by atoms with Crippen LogP contribution in [0.5, 0.6) is 0 Å². The van der Waals surface area contributed by atoms with Crippen molar-refractivity contribution >= 4 is 10.0 Å². The molecular weight excluding hydrogens is 391 g/mol. The Bertz CT molecular complexity index is 957. The van der Waals surface area contributed by atoms with E-state index < -0.39 is 21.8 Å². The molecule has 9 heteroatoms. The summed E-state index contributed by atoms with van der Waals surface area (Å²) in [6.07, 6.45) is -4.50. The molecule has 0 bridgehead atoms. The van der Waals surface area contributed by atoms with Crippen LogP contribution < -0.4 is 0 Å². The Hall–Kier alpha value is -2.41. The lowest BCUT2D eigenvalue weighted by Crippen LogP contribution is -2.48. The van der Waals surface area contributed by atoms with E-state index in [1.165, 1.54) is 4.31 Å². The number of hydrogen-bond donors (Lipinski definition) is 0. The zero-order chi connectivity index (χ0) is 20.4. The van der Waals surface area contributed by atoms with Crippen molar-refractivity contribution in [3.63, 3.8) is 0 Å². The summed E-state index contributed by atoms with van der Waals surface area (Å²) in [6.45, 7) is 2.19. The van der Waals surface area contributed by atoms with Crippen LogP contribution in [0.3, 0.4) is 0 Å². The van der Waals surface area contributed by atoms with Crippen LogP contribution in [0, 0.1) is 11.3 Å². The molecule has 2 aromatic carbocycles. The second-order valence-electron chi connectivity index (χ2n) is 6.51. The number of sulfonamides is 1. The lowest BCUT2D eigenvalue weighted by Gasteiger charge is -2.34. The van der Waals surface area contributed by atoms with Gasteiger partial charge in [-0.15, -0.1) is 0 Å². The number of nitrogens with zero attached hydrogens (tertiary/aromatic N) is 3. The molecule has 148 valence electrons. The molecular formula is C19H18F3N3O2S. The first kappa shape index (κ1) is 20.3. The van der Waals surface area contributed by atoms with Crippen LogP contribution in [0.25, 0.3) is 0 Å². The zero-order valence-corrected chi connectivity index (χ0v) is 15.7. The maximum atomic E-state index is 12.7. The van der Waals surface area contributed by atoms with Gasteiger partial charge in [0.1, 0.15) is 0 Å².